The Morgan fingerprint density at radius 3 is 1.75 bits per heavy atom. The zero-order valence-corrected chi connectivity index (χ0v) is 9.99. The van der Waals surface area contributed by atoms with Gasteiger partial charge in [0.2, 0.25) is 0 Å². The van der Waals surface area contributed by atoms with Crippen molar-refractivity contribution < 1.29 is 4.21 Å². The van der Waals surface area contributed by atoms with E-state index in [1.54, 1.807) is 24.5 Å². The van der Waals surface area contributed by atoms with Gasteiger partial charge in [0.15, 0.2) is 0 Å². The summed E-state index contributed by atoms with van der Waals surface area (Å²) in [4.78, 5) is 9.78. The molecule has 0 N–H and O–H groups in total. The highest BCUT2D eigenvalue weighted by molar-refractivity contribution is 7.85. The number of pyridine rings is 2. The van der Waals surface area contributed by atoms with Gasteiger partial charge in [0.25, 0.3) is 0 Å². The molecule has 2 aromatic rings. The maximum absolute atomic E-state index is 12.3. The molecule has 0 saturated heterocycles. The van der Waals surface area contributed by atoms with Crippen LogP contribution in [-0.4, -0.2) is 14.2 Å². The molecule has 0 radical (unpaired) electrons. The standard InChI is InChI=1S/C12H12N2OS/c1-9-11(5-3-7-13-9)16(15)12-6-4-8-14-10(12)2/h3-8H,1-2H3. The lowest BCUT2D eigenvalue weighted by Crippen LogP contribution is -2.00. The topological polar surface area (TPSA) is 42.9 Å². The molecule has 2 heterocycles. The van der Waals surface area contributed by atoms with Gasteiger partial charge in [-0.25, -0.2) is 4.21 Å². The van der Waals surface area contributed by atoms with Crippen LogP contribution in [0.4, 0.5) is 0 Å². The molecule has 4 heteroatoms. The molecule has 0 aromatic carbocycles. The third-order valence-electron chi connectivity index (χ3n) is 2.32. The van der Waals surface area contributed by atoms with E-state index >= 15 is 0 Å². The maximum atomic E-state index is 12.3. The predicted octanol–water partition coefficient (Wildman–Crippen LogP) is 2.26. The normalized spacial score (nSPS) is 10.7. The summed E-state index contributed by atoms with van der Waals surface area (Å²) in [6.45, 7) is 3.72. The minimum absolute atomic E-state index is 0.749. The van der Waals surface area contributed by atoms with Crippen LogP contribution < -0.4 is 0 Å². The molecule has 82 valence electrons. The zero-order valence-electron chi connectivity index (χ0n) is 9.18. The fourth-order valence-corrected chi connectivity index (χ4v) is 2.73. The highest BCUT2D eigenvalue weighted by atomic mass is 32.2. The van der Waals surface area contributed by atoms with Crippen LogP contribution in [0.5, 0.6) is 0 Å². The van der Waals surface area contributed by atoms with Crippen LogP contribution in [-0.2, 0) is 10.8 Å². The van der Waals surface area contributed by atoms with Gasteiger partial charge in [-0.3, -0.25) is 9.97 Å². The second kappa shape index (κ2) is 4.53. The molecule has 0 unspecified atom stereocenters. The number of hydrogen-bond donors (Lipinski definition) is 0. The van der Waals surface area contributed by atoms with Crippen LogP contribution in [0, 0.1) is 13.8 Å². The fraction of sp³-hybridized carbons (Fsp3) is 0.167. The summed E-state index contributed by atoms with van der Waals surface area (Å²) in [5.74, 6) is 0. The van der Waals surface area contributed by atoms with E-state index in [-0.39, 0.29) is 0 Å². The maximum Gasteiger partial charge on any atom is 0.0886 e. The smallest absolute Gasteiger partial charge is 0.0886 e. The average Bonchev–Trinajstić information content (AvgIpc) is 2.29. The van der Waals surface area contributed by atoms with Crippen LogP contribution in [0.2, 0.25) is 0 Å². The lowest BCUT2D eigenvalue weighted by Gasteiger charge is -2.06. The first-order valence-corrected chi connectivity index (χ1v) is 6.10. The Labute approximate surface area is 97.0 Å². The fourth-order valence-electron chi connectivity index (χ4n) is 1.45. The Balaban J connectivity index is 2.48. The SMILES string of the molecule is Cc1ncccc1S(=O)c1cccnc1C. The molecule has 0 aliphatic carbocycles. The molecule has 2 aromatic heterocycles. The number of hydrogen-bond acceptors (Lipinski definition) is 3. The predicted molar refractivity (Wildman–Crippen MR) is 62.6 cm³/mol. The van der Waals surface area contributed by atoms with Gasteiger partial charge in [0.05, 0.1) is 32.0 Å². The lowest BCUT2D eigenvalue weighted by atomic mass is 10.4. The van der Waals surface area contributed by atoms with Gasteiger partial charge in [-0.1, -0.05) is 0 Å². The summed E-state index contributed by atoms with van der Waals surface area (Å²) in [5.41, 5.74) is 1.59. The molecule has 0 aliphatic heterocycles. The molecule has 16 heavy (non-hydrogen) atoms. The molecule has 0 aliphatic rings. The molecule has 3 nitrogen and oxygen atoms in total. The van der Waals surface area contributed by atoms with Gasteiger partial charge < -0.3 is 0 Å². The summed E-state index contributed by atoms with van der Waals surface area (Å²) in [6, 6.07) is 7.27. The summed E-state index contributed by atoms with van der Waals surface area (Å²) in [6.07, 6.45) is 3.40. The van der Waals surface area contributed by atoms with Crippen LogP contribution in [0.15, 0.2) is 46.5 Å². The highest BCUT2D eigenvalue weighted by Crippen LogP contribution is 2.19. The van der Waals surface area contributed by atoms with Crippen molar-refractivity contribution in [2.24, 2.45) is 0 Å². The van der Waals surface area contributed by atoms with Crippen LogP contribution in [0.1, 0.15) is 11.4 Å². The van der Waals surface area contributed by atoms with Gasteiger partial charge in [0.1, 0.15) is 0 Å². The number of aryl methyl sites for hydroxylation is 2. The number of nitrogens with zero attached hydrogens (tertiary/aromatic N) is 2. The van der Waals surface area contributed by atoms with Crippen molar-refractivity contribution in [2.75, 3.05) is 0 Å². The first-order valence-electron chi connectivity index (χ1n) is 4.95. The van der Waals surface area contributed by atoms with E-state index in [0.29, 0.717) is 0 Å². The summed E-state index contributed by atoms with van der Waals surface area (Å²) in [5, 5.41) is 0. The van der Waals surface area contributed by atoms with E-state index in [1.165, 1.54) is 0 Å². The van der Waals surface area contributed by atoms with Gasteiger partial charge in [-0.2, -0.15) is 0 Å². The summed E-state index contributed by atoms with van der Waals surface area (Å²) >= 11 is 0. The van der Waals surface area contributed by atoms with Gasteiger partial charge in [0, 0.05) is 12.4 Å². The molecular weight excluding hydrogens is 220 g/mol. The van der Waals surface area contributed by atoms with E-state index in [2.05, 4.69) is 9.97 Å². The molecule has 0 fully saturated rings. The van der Waals surface area contributed by atoms with Crippen molar-refractivity contribution in [3.05, 3.63) is 48.0 Å². The van der Waals surface area contributed by atoms with Crippen molar-refractivity contribution in [1.29, 1.82) is 0 Å². The van der Waals surface area contributed by atoms with Gasteiger partial charge in [-0.15, -0.1) is 0 Å². The van der Waals surface area contributed by atoms with E-state index in [1.807, 2.05) is 26.0 Å². The molecule has 0 amide bonds. The second-order valence-electron chi connectivity index (χ2n) is 3.44. The number of rotatable bonds is 2. The Kier molecular flexibility index (Phi) is 3.10. The lowest BCUT2D eigenvalue weighted by molar-refractivity contribution is 0.681. The highest BCUT2D eigenvalue weighted by Gasteiger charge is 2.12. The third-order valence-corrected chi connectivity index (χ3v) is 3.98. The van der Waals surface area contributed by atoms with E-state index in [4.69, 9.17) is 0 Å². The third kappa shape index (κ3) is 2.02. The first-order chi connectivity index (χ1) is 7.70. The van der Waals surface area contributed by atoms with E-state index < -0.39 is 10.8 Å². The average molecular weight is 232 g/mol. The van der Waals surface area contributed by atoms with Crippen molar-refractivity contribution >= 4 is 10.8 Å². The zero-order chi connectivity index (χ0) is 11.5. The summed E-state index contributed by atoms with van der Waals surface area (Å²) < 4.78 is 12.3. The molecular formula is C12H12N2OS. The van der Waals surface area contributed by atoms with E-state index in [0.717, 1.165) is 21.2 Å². The van der Waals surface area contributed by atoms with Crippen molar-refractivity contribution in [3.8, 4) is 0 Å². The van der Waals surface area contributed by atoms with Crippen molar-refractivity contribution in [3.63, 3.8) is 0 Å². The van der Waals surface area contributed by atoms with Gasteiger partial charge in [-0.05, 0) is 38.1 Å². The molecule has 0 saturated carbocycles. The largest absolute Gasteiger partial charge is 0.260 e. The van der Waals surface area contributed by atoms with Crippen LogP contribution >= 0.6 is 0 Å². The first kappa shape index (κ1) is 11.0. The Morgan fingerprint density at radius 1 is 0.938 bits per heavy atom. The van der Waals surface area contributed by atoms with Crippen molar-refractivity contribution in [1.82, 2.24) is 9.97 Å². The molecule has 0 bridgehead atoms. The van der Waals surface area contributed by atoms with Crippen LogP contribution in [0.3, 0.4) is 0 Å². The molecule has 0 spiro atoms. The summed E-state index contributed by atoms with van der Waals surface area (Å²) in [7, 11) is -1.19. The minimum atomic E-state index is -1.19. The van der Waals surface area contributed by atoms with E-state index in [9.17, 15) is 4.21 Å². The van der Waals surface area contributed by atoms with Crippen molar-refractivity contribution in [2.45, 2.75) is 23.6 Å². The monoisotopic (exact) mass is 232 g/mol. The molecule has 2 rings (SSSR count). The second-order valence-corrected chi connectivity index (χ2v) is 4.86. The minimum Gasteiger partial charge on any atom is -0.260 e. The molecule has 0 atom stereocenters. The van der Waals surface area contributed by atoms with Gasteiger partial charge >= 0.3 is 0 Å². The Hall–Kier alpha value is -1.55. The quantitative estimate of drug-likeness (QED) is 0.797. The number of aromatic nitrogens is 2. The van der Waals surface area contributed by atoms with Crippen LogP contribution in [0.25, 0.3) is 0 Å². The Bertz CT molecular complexity index is 493. The Morgan fingerprint density at radius 2 is 1.38 bits per heavy atom.